The van der Waals surface area contributed by atoms with Gasteiger partial charge in [0.05, 0.1) is 11.0 Å². The van der Waals surface area contributed by atoms with Crippen LogP contribution in [0, 0.1) is 0 Å². The maximum Gasteiger partial charge on any atom is 0.319 e. The predicted molar refractivity (Wildman–Crippen MR) is 103 cm³/mol. The lowest BCUT2D eigenvalue weighted by Crippen LogP contribution is -2.47. The van der Waals surface area contributed by atoms with E-state index in [1.165, 1.54) is 0 Å². The van der Waals surface area contributed by atoms with Gasteiger partial charge in [-0.05, 0) is 43.5 Å². The zero-order chi connectivity index (χ0) is 17.4. The fourth-order valence-corrected chi connectivity index (χ4v) is 3.05. The van der Waals surface area contributed by atoms with E-state index in [4.69, 9.17) is 4.74 Å². The number of halogens is 1. The molecule has 0 saturated carbocycles. The molecule has 0 aliphatic carbocycles. The predicted octanol–water partition coefficient (Wildman–Crippen LogP) is 3.02. The highest BCUT2D eigenvalue weighted by atomic mass is 127. The van der Waals surface area contributed by atoms with E-state index in [0.29, 0.717) is 24.1 Å². The monoisotopic (exact) mass is 445 g/mol. The Morgan fingerprint density at radius 3 is 2.50 bits per heavy atom. The second-order valence-corrected chi connectivity index (χ2v) is 6.52. The maximum atomic E-state index is 12.1. The van der Waals surface area contributed by atoms with E-state index in [9.17, 15) is 9.59 Å². The van der Waals surface area contributed by atoms with Crippen LogP contribution in [0.5, 0.6) is 5.75 Å². The number of piperidine rings is 1. The van der Waals surface area contributed by atoms with E-state index in [2.05, 4.69) is 40.1 Å². The molecule has 1 aromatic rings. The summed E-state index contributed by atoms with van der Waals surface area (Å²) in [6.07, 6.45) is 2.55. The number of hydrogen-bond acceptors (Lipinski definition) is 3. The third kappa shape index (κ3) is 5.85. The Morgan fingerprint density at radius 1 is 1.25 bits per heavy atom. The van der Waals surface area contributed by atoms with Crippen LogP contribution < -0.4 is 15.4 Å². The molecule has 0 radical (unpaired) electrons. The molecule has 0 bridgehead atoms. The Morgan fingerprint density at radius 2 is 1.92 bits per heavy atom. The molecule has 1 aliphatic heterocycles. The Bertz CT molecular complexity index is 543. The first kappa shape index (κ1) is 18.8. The number of alkyl halides is 1. The number of carbonyl (C=O) groups excluding carboxylic acids is 2. The lowest BCUT2D eigenvalue weighted by atomic mass is 10.1. The Kier molecular flexibility index (Phi) is 7.61. The second-order valence-electron chi connectivity index (χ2n) is 5.76. The van der Waals surface area contributed by atoms with Gasteiger partial charge < -0.3 is 20.3 Å². The summed E-state index contributed by atoms with van der Waals surface area (Å²) in [4.78, 5) is 25.6. The number of nitrogens with zero attached hydrogens (tertiary/aromatic N) is 1. The molecule has 1 aromatic carbocycles. The number of ether oxygens (including phenoxy) is 1. The molecular formula is C17H24IN3O3. The third-order valence-electron chi connectivity index (χ3n) is 3.88. The van der Waals surface area contributed by atoms with Crippen LogP contribution in [0.1, 0.15) is 26.2 Å². The van der Waals surface area contributed by atoms with Crippen molar-refractivity contribution in [2.24, 2.45) is 0 Å². The summed E-state index contributed by atoms with van der Waals surface area (Å²) in [5.74, 6) is 0.971. The standard InChI is InChI=1S/C17H24IN3O3/c1-2-11-24-15-5-3-13(4-6-15)19-17(23)20-14-7-9-21(10-8-14)16(22)12-18/h3-6,14H,2,7-12H2,1H3,(H2,19,20,23). The average molecular weight is 445 g/mol. The molecule has 0 atom stereocenters. The zero-order valence-corrected chi connectivity index (χ0v) is 16.0. The molecule has 1 fully saturated rings. The third-order valence-corrected chi connectivity index (χ3v) is 4.53. The summed E-state index contributed by atoms with van der Waals surface area (Å²) in [6, 6.07) is 7.24. The van der Waals surface area contributed by atoms with Crippen LogP contribution in [0.3, 0.4) is 0 Å². The molecule has 0 unspecified atom stereocenters. The number of likely N-dealkylation sites (tertiary alicyclic amines) is 1. The first-order chi connectivity index (χ1) is 11.6. The van der Waals surface area contributed by atoms with Crippen molar-refractivity contribution in [1.82, 2.24) is 10.2 Å². The molecule has 7 heteroatoms. The van der Waals surface area contributed by atoms with Crippen molar-refractivity contribution in [2.75, 3.05) is 29.4 Å². The topological polar surface area (TPSA) is 70.7 Å². The molecule has 1 saturated heterocycles. The molecule has 6 nitrogen and oxygen atoms in total. The summed E-state index contributed by atoms with van der Waals surface area (Å²) in [5.41, 5.74) is 0.730. The minimum atomic E-state index is -0.212. The van der Waals surface area contributed by atoms with Crippen molar-refractivity contribution in [2.45, 2.75) is 32.2 Å². The molecule has 132 valence electrons. The van der Waals surface area contributed by atoms with Crippen molar-refractivity contribution in [3.63, 3.8) is 0 Å². The van der Waals surface area contributed by atoms with Gasteiger partial charge in [0, 0.05) is 24.8 Å². The van der Waals surface area contributed by atoms with Gasteiger partial charge in [0.25, 0.3) is 0 Å². The van der Waals surface area contributed by atoms with Gasteiger partial charge in [-0.2, -0.15) is 0 Å². The molecule has 2 rings (SSSR count). The number of hydrogen-bond donors (Lipinski definition) is 2. The molecule has 3 amide bonds. The van der Waals surface area contributed by atoms with Crippen LogP contribution in [0.15, 0.2) is 24.3 Å². The van der Waals surface area contributed by atoms with Gasteiger partial charge in [0.1, 0.15) is 5.75 Å². The summed E-state index contributed by atoms with van der Waals surface area (Å²) in [5, 5.41) is 5.80. The van der Waals surface area contributed by atoms with E-state index < -0.39 is 0 Å². The first-order valence-corrected chi connectivity index (χ1v) is 9.79. The number of carbonyl (C=O) groups is 2. The lowest BCUT2D eigenvalue weighted by molar-refractivity contribution is -0.129. The van der Waals surface area contributed by atoms with Gasteiger partial charge >= 0.3 is 6.03 Å². The van der Waals surface area contributed by atoms with E-state index in [1.807, 2.05) is 29.2 Å². The van der Waals surface area contributed by atoms with E-state index >= 15 is 0 Å². The number of benzene rings is 1. The summed E-state index contributed by atoms with van der Waals surface area (Å²) >= 11 is 2.08. The lowest BCUT2D eigenvalue weighted by Gasteiger charge is -2.32. The smallest absolute Gasteiger partial charge is 0.319 e. The number of amides is 3. The first-order valence-electron chi connectivity index (χ1n) is 8.26. The van der Waals surface area contributed by atoms with Crippen molar-refractivity contribution in [3.05, 3.63) is 24.3 Å². The molecule has 1 aliphatic rings. The fourth-order valence-electron chi connectivity index (χ4n) is 2.56. The molecule has 2 N–H and O–H groups in total. The maximum absolute atomic E-state index is 12.1. The van der Waals surface area contributed by atoms with Gasteiger partial charge in [0.15, 0.2) is 0 Å². The Balaban J connectivity index is 1.74. The van der Waals surface area contributed by atoms with E-state index in [0.717, 1.165) is 30.7 Å². The molecule has 0 spiro atoms. The molecule has 24 heavy (non-hydrogen) atoms. The highest BCUT2D eigenvalue weighted by molar-refractivity contribution is 14.1. The number of urea groups is 1. The highest BCUT2D eigenvalue weighted by Gasteiger charge is 2.23. The second kappa shape index (κ2) is 9.71. The normalized spacial score (nSPS) is 15.0. The number of rotatable bonds is 6. The summed E-state index contributed by atoms with van der Waals surface area (Å²) in [7, 11) is 0. The van der Waals surface area contributed by atoms with Crippen LogP contribution in [-0.2, 0) is 4.79 Å². The summed E-state index contributed by atoms with van der Waals surface area (Å²) < 4.78 is 6.02. The van der Waals surface area contributed by atoms with Crippen LogP contribution in [0.4, 0.5) is 10.5 Å². The number of anilines is 1. The molecular weight excluding hydrogens is 421 g/mol. The minimum Gasteiger partial charge on any atom is -0.494 e. The summed E-state index contributed by atoms with van der Waals surface area (Å²) in [6.45, 7) is 4.15. The van der Waals surface area contributed by atoms with Gasteiger partial charge in [-0.15, -0.1) is 0 Å². The van der Waals surface area contributed by atoms with Crippen LogP contribution in [-0.4, -0.2) is 47.0 Å². The van der Waals surface area contributed by atoms with E-state index in [1.54, 1.807) is 0 Å². The van der Waals surface area contributed by atoms with Crippen molar-refractivity contribution < 1.29 is 14.3 Å². The van der Waals surface area contributed by atoms with Crippen molar-refractivity contribution in [3.8, 4) is 5.75 Å². The fraction of sp³-hybridized carbons (Fsp3) is 0.529. The Hall–Kier alpha value is -1.51. The molecule has 0 aromatic heterocycles. The van der Waals surface area contributed by atoms with Crippen molar-refractivity contribution >= 4 is 40.2 Å². The molecule has 1 heterocycles. The van der Waals surface area contributed by atoms with Crippen LogP contribution in [0.25, 0.3) is 0 Å². The minimum absolute atomic E-state index is 0.107. The SMILES string of the molecule is CCCOc1ccc(NC(=O)NC2CCN(C(=O)CI)CC2)cc1. The number of nitrogens with one attached hydrogen (secondary N) is 2. The van der Waals surface area contributed by atoms with Gasteiger partial charge in [-0.25, -0.2) is 4.79 Å². The quantitative estimate of drug-likeness (QED) is 0.523. The van der Waals surface area contributed by atoms with Gasteiger partial charge in [-0.3, -0.25) is 4.79 Å². The van der Waals surface area contributed by atoms with Gasteiger partial charge in [0.2, 0.25) is 5.91 Å². The highest BCUT2D eigenvalue weighted by Crippen LogP contribution is 2.16. The largest absolute Gasteiger partial charge is 0.494 e. The van der Waals surface area contributed by atoms with Crippen molar-refractivity contribution in [1.29, 1.82) is 0 Å². The van der Waals surface area contributed by atoms with Gasteiger partial charge in [-0.1, -0.05) is 29.5 Å². The zero-order valence-electron chi connectivity index (χ0n) is 13.9. The van der Waals surface area contributed by atoms with E-state index in [-0.39, 0.29) is 18.0 Å². The Labute approximate surface area is 156 Å². The average Bonchev–Trinajstić information content (AvgIpc) is 2.61. The van der Waals surface area contributed by atoms with Crippen LogP contribution in [0.2, 0.25) is 0 Å². The van der Waals surface area contributed by atoms with Crippen LogP contribution >= 0.6 is 22.6 Å².